The second-order valence-electron chi connectivity index (χ2n) is 4.20. The van der Waals surface area contributed by atoms with Gasteiger partial charge in [-0.15, -0.1) is 0 Å². The molecule has 0 saturated heterocycles. The molecular formula is C14H17N3O. The van der Waals surface area contributed by atoms with Crippen molar-refractivity contribution in [3.63, 3.8) is 0 Å². The zero-order valence-corrected chi connectivity index (χ0v) is 10.2. The summed E-state index contributed by atoms with van der Waals surface area (Å²) in [6.07, 6.45) is 5.74. The predicted molar refractivity (Wildman–Crippen MR) is 73.3 cm³/mol. The summed E-state index contributed by atoms with van der Waals surface area (Å²) < 4.78 is 0. The maximum Gasteiger partial charge on any atom is 0.224 e. The van der Waals surface area contributed by atoms with Crippen LogP contribution in [-0.4, -0.2) is 17.4 Å². The number of fused-ring (bicyclic) bond motifs is 1. The van der Waals surface area contributed by atoms with E-state index in [1.165, 1.54) is 0 Å². The van der Waals surface area contributed by atoms with Crippen molar-refractivity contribution >= 4 is 22.4 Å². The Morgan fingerprint density at radius 1 is 1.28 bits per heavy atom. The predicted octanol–water partition coefficient (Wildman–Crippen LogP) is 2.30. The maximum atomic E-state index is 11.8. The first-order valence-electron chi connectivity index (χ1n) is 6.14. The fourth-order valence-electron chi connectivity index (χ4n) is 1.87. The summed E-state index contributed by atoms with van der Waals surface area (Å²) in [6, 6.07) is 7.71. The van der Waals surface area contributed by atoms with Crippen LogP contribution in [0.15, 0.2) is 36.7 Å². The molecule has 2 rings (SSSR count). The number of hydrogen-bond acceptors (Lipinski definition) is 3. The molecule has 4 nitrogen and oxygen atoms in total. The monoisotopic (exact) mass is 243 g/mol. The molecule has 1 aromatic carbocycles. The molecule has 0 aliphatic heterocycles. The van der Waals surface area contributed by atoms with Gasteiger partial charge in [-0.25, -0.2) is 0 Å². The summed E-state index contributed by atoms with van der Waals surface area (Å²) >= 11 is 0. The van der Waals surface area contributed by atoms with Crippen molar-refractivity contribution < 1.29 is 4.79 Å². The third-order valence-corrected chi connectivity index (χ3v) is 2.81. The van der Waals surface area contributed by atoms with Gasteiger partial charge in [0.25, 0.3) is 0 Å². The van der Waals surface area contributed by atoms with Crippen molar-refractivity contribution in [2.45, 2.75) is 19.3 Å². The van der Waals surface area contributed by atoms with Gasteiger partial charge >= 0.3 is 0 Å². The van der Waals surface area contributed by atoms with Crippen LogP contribution in [0.4, 0.5) is 5.69 Å². The largest absolute Gasteiger partial charge is 0.330 e. The Labute approximate surface area is 106 Å². The summed E-state index contributed by atoms with van der Waals surface area (Å²) in [5.41, 5.74) is 6.24. The number of unbranched alkanes of at least 4 members (excludes halogenated alkanes) is 1. The minimum atomic E-state index is 0.0350. The molecule has 0 bridgehead atoms. The number of rotatable bonds is 5. The fourth-order valence-corrected chi connectivity index (χ4v) is 1.87. The summed E-state index contributed by atoms with van der Waals surface area (Å²) in [6.45, 7) is 0.632. The van der Waals surface area contributed by atoms with Gasteiger partial charge < -0.3 is 11.1 Å². The first-order chi connectivity index (χ1) is 8.81. The number of carbonyl (C=O) groups is 1. The van der Waals surface area contributed by atoms with Crippen LogP contribution in [-0.2, 0) is 4.79 Å². The van der Waals surface area contributed by atoms with Crippen molar-refractivity contribution in [2.24, 2.45) is 5.73 Å². The van der Waals surface area contributed by atoms with Crippen LogP contribution in [0.1, 0.15) is 19.3 Å². The highest BCUT2D eigenvalue weighted by Gasteiger charge is 2.05. The number of hydrogen-bond donors (Lipinski definition) is 2. The first kappa shape index (κ1) is 12.5. The van der Waals surface area contributed by atoms with Crippen molar-refractivity contribution in [1.29, 1.82) is 0 Å². The molecule has 0 atom stereocenters. The molecular weight excluding hydrogens is 226 g/mol. The number of aromatic nitrogens is 1. The summed E-state index contributed by atoms with van der Waals surface area (Å²) in [7, 11) is 0. The van der Waals surface area contributed by atoms with E-state index in [0.717, 1.165) is 29.3 Å². The van der Waals surface area contributed by atoms with Gasteiger partial charge in [0.2, 0.25) is 5.91 Å². The lowest BCUT2D eigenvalue weighted by Crippen LogP contribution is -2.12. The van der Waals surface area contributed by atoms with E-state index >= 15 is 0 Å². The van der Waals surface area contributed by atoms with Crippen molar-refractivity contribution in [1.82, 2.24) is 4.98 Å². The van der Waals surface area contributed by atoms with Crippen molar-refractivity contribution in [2.75, 3.05) is 11.9 Å². The van der Waals surface area contributed by atoms with Crippen LogP contribution in [0.5, 0.6) is 0 Å². The SMILES string of the molecule is NCCCCC(=O)Nc1cccc2cnccc12. The molecule has 1 amide bonds. The zero-order valence-electron chi connectivity index (χ0n) is 10.2. The fraction of sp³-hybridized carbons (Fsp3) is 0.286. The Bertz CT molecular complexity index is 534. The van der Waals surface area contributed by atoms with Gasteiger partial charge in [0.1, 0.15) is 0 Å². The van der Waals surface area contributed by atoms with E-state index in [1.807, 2.05) is 24.3 Å². The number of nitrogens with zero attached hydrogens (tertiary/aromatic N) is 1. The molecule has 0 saturated carbocycles. The third-order valence-electron chi connectivity index (χ3n) is 2.81. The lowest BCUT2D eigenvalue weighted by atomic mass is 10.1. The van der Waals surface area contributed by atoms with Gasteiger partial charge in [-0.05, 0) is 31.5 Å². The van der Waals surface area contributed by atoms with Crippen LogP contribution < -0.4 is 11.1 Å². The van der Waals surface area contributed by atoms with Crippen LogP contribution in [0, 0.1) is 0 Å². The van der Waals surface area contributed by atoms with E-state index < -0.39 is 0 Å². The molecule has 3 N–H and O–H groups in total. The standard InChI is InChI=1S/C14H17N3O/c15-8-2-1-6-14(18)17-13-5-3-4-11-10-16-9-7-12(11)13/h3-5,7,9-10H,1-2,6,8,15H2,(H,17,18). The highest BCUT2D eigenvalue weighted by Crippen LogP contribution is 2.22. The Kier molecular flexibility index (Phi) is 4.25. The second kappa shape index (κ2) is 6.12. The average Bonchev–Trinajstić information content (AvgIpc) is 2.39. The second-order valence-corrected chi connectivity index (χ2v) is 4.20. The Balaban J connectivity index is 2.09. The first-order valence-corrected chi connectivity index (χ1v) is 6.14. The molecule has 0 aliphatic carbocycles. The number of benzene rings is 1. The molecule has 1 heterocycles. The number of nitrogens with one attached hydrogen (secondary N) is 1. The third kappa shape index (κ3) is 3.05. The van der Waals surface area contributed by atoms with Gasteiger partial charge in [-0.1, -0.05) is 12.1 Å². The van der Waals surface area contributed by atoms with Gasteiger partial charge in [-0.2, -0.15) is 0 Å². The number of pyridine rings is 1. The van der Waals surface area contributed by atoms with Crippen molar-refractivity contribution in [3.8, 4) is 0 Å². The van der Waals surface area contributed by atoms with Crippen LogP contribution in [0.25, 0.3) is 10.8 Å². The molecule has 2 aromatic rings. The molecule has 1 aromatic heterocycles. The molecule has 0 unspecified atom stereocenters. The molecule has 0 fully saturated rings. The van der Waals surface area contributed by atoms with E-state index in [9.17, 15) is 4.79 Å². The van der Waals surface area contributed by atoms with E-state index in [-0.39, 0.29) is 5.91 Å². The Hall–Kier alpha value is -1.94. The quantitative estimate of drug-likeness (QED) is 0.792. The topological polar surface area (TPSA) is 68.0 Å². The van der Waals surface area contributed by atoms with Crippen molar-refractivity contribution in [3.05, 3.63) is 36.7 Å². The van der Waals surface area contributed by atoms with E-state index in [2.05, 4.69) is 10.3 Å². The Morgan fingerprint density at radius 3 is 3.00 bits per heavy atom. The molecule has 94 valence electrons. The lowest BCUT2D eigenvalue weighted by molar-refractivity contribution is -0.116. The van der Waals surface area contributed by atoms with Gasteiger partial charge in [-0.3, -0.25) is 9.78 Å². The van der Waals surface area contributed by atoms with Gasteiger partial charge in [0, 0.05) is 35.3 Å². The Morgan fingerprint density at radius 2 is 2.17 bits per heavy atom. The molecule has 0 radical (unpaired) electrons. The summed E-state index contributed by atoms with van der Waals surface area (Å²) in [5, 5.41) is 4.98. The van der Waals surface area contributed by atoms with Crippen LogP contribution in [0.3, 0.4) is 0 Å². The number of amides is 1. The molecule has 18 heavy (non-hydrogen) atoms. The number of carbonyl (C=O) groups excluding carboxylic acids is 1. The lowest BCUT2D eigenvalue weighted by Gasteiger charge is -2.08. The molecule has 0 spiro atoms. The smallest absolute Gasteiger partial charge is 0.224 e. The van der Waals surface area contributed by atoms with Gasteiger partial charge in [0.15, 0.2) is 0 Å². The maximum absolute atomic E-state index is 11.8. The van der Waals surface area contributed by atoms with Crippen LogP contribution >= 0.6 is 0 Å². The highest BCUT2D eigenvalue weighted by atomic mass is 16.1. The summed E-state index contributed by atoms with van der Waals surface area (Å²) in [5.74, 6) is 0.0350. The average molecular weight is 243 g/mol. The number of nitrogens with two attached hydrogens (primary N) is 1. The minimum absolute atomic E-state index is 0.0350. The molecule has 4 heteroatoms. The van der Waals surface area contributed by atoms with Gasteiger partial charge in [0.05, 0.1) is 0 Å². The number of anilines is 1. The van der Waals surface area contributed by atoms with Crippen LogP contribution in [0.2, 0.25) is 0 Å². The van der Waals surface area contributed by atoms with E-state index in [1.54, 1.807) is 12.4 Å². The normalized spacial score (nSPS) is 10.5. The van der Waals surface area contributed by atoms with E-state index in [4.69, 9.17) is 5.73 Å². The molecule has 0 aliphatic rings. The van der Waals surface area contributed by atoms with E-state index in [0.29, 0.717) is 13.0 Å². The zero-order chi connectivity index (χ0) is 12.8. The summed E-state index contributed by atoms with van der Waals surface area (Å²) in [4.78, 5) is 15.8. The minimum Gasteiger partial charge on any atom is -0.330 e. The highest BCUT2D eigenvalue weighted by molar-refractivity contribution is 6.01.